The molecule has 0 aliphatic heterocycles. The molecule has 3 N–H and O–H groups in total. The summed E-state index contributed by atoms with van der Waals surface area (Å²) in [6.45, 7) is 4.75. The first-order valence-corrected chi connectivity index (χ1v) is 9.74. The number of hydrogen-bond acceptors (Lipinski definition) is 3. The lowest BCUT2D eigenvalue weighted by Gasteiger charge is -2.10. The van der Waals surface area contributed by atoms with Gasteiger partial charge in [0.15, 0.2) is 0 Å². The summed E-state index contributed by atoms with van der Waals surface area (Å²) in [5, 5.41) is 7.54. The van der Waals surface area contributed by atoms with Gasteiger partial charge in [-0.25, -0.2) is 4.98 Å². The number of para-hydroxylation sites is 1. The van der Waals surface area contributed by atoms with Gasteiger partial charge in [0.25, 0.3) is 5.91 Å². The van der Waals surface area contributed by atoms with Gasteiger partial charge in [0.1, 0.15) is 5.82 Å². The molecule has 0 aliphatic carbocycles. The largest absolute Gasteiger partial charge is 0.370 e. The Morgan fingerprint density at radius 2 is 1.93 bits per heavy atom. The predicted octanol–water partition coefficient (Wildman–Crippen LogP) is 5.09. The van der Waals surface area contributed by atoms with Gasteiger partial charge in [-0.2, -0.15) is 0 Å². The quantitative estimate of drug-likeness (QED) is 0.434. The van der Waals surface area contributed by atoms with Crippen LogP contribution in [0.15, 0.2) is 67.0 Å². The Bertz CT molecular complexity index is 1150. The molecule has 0 bridgehead atoms. The van der Waals surface area contributed by atoms with E-state index in [-0.39, 0.29) is 5.91 Å². The number of pyridine rings is 1. The first-order valence-electron chi connectivity index (χ1n) is 9.74. The molecule has 0 atom stereocenters. The van der Waals surface area contributed by atoms with E-state index in [1.807, 2.05) is 44.2 Å². The topological polar surface area (TPSA) is 69.8 Å². The number of aryl methyl sites for hydroxylation is 2. The van der Waals surface area contributed by atoms with E-state index in [0.29, 0.717) is 5.56 Å². The first kappa shape index (κ1) is 18.7. The van der Waals surface area contributed by atoms with Crippen LogP contribution in [-0.4, -0.2) is 22.4 Å². The second kappa shape index (κ2) is 8.19. The summed E-state index contributed by atoms with van der Waals surface area (Å²) in [7, 11) is 0. The molecule has 0 saturated heterocycles. The van der Waals surface area contributed by atoms with Crippen LogP contribution in [0.2, 0.25) is 0 Å². The van der Waals surface area contributed by atoms with Gasteiger partial charge in [-0.15, -0.1) is 0 Å². The molecule has 0 aliphatic rings. The highest BCUT2D eigenvalue weighted by atomic mass is 16.1. The summed E-state index contributed by atoms with van der Waals surface area (Å²) in [5.41, 5.74) is 5.94. The van der Waals surface area contributed by atoms with Crippen molar-refractivity contribution in [1.29, 1.82) is 0 Å². The zero-order valence-corrected chi connectivity index (χ0v) is 16.6. The van der Waals surface area contributed by atoms with E-state index in [2.05, 4.69) is 45.0 Å². The van der Waals surface area contributed by atoms with Crippen LogP contribution in [0.4, 0.5) is 11.5 Å². The second-order valence-corrected chi connectivity index (χ2v) is 7.24. The van der Waals surface area contributed by atoms with Gasteiger partial charge < -0.3 is 15.6 Å². The van der Waals surface area contributed by atoms with Gasteiger partial charge in [0, 0.05) is 35.5 Å². The number of hydrogen-bond donors (Lipinski definition) is 3. The van der Waals surface area contributed by atoms with Crippen molar-refractivity contribution in [2.24, 2.45) is 0 Å². The molecule has 5 heteroatoms. The van der Waals surface area contributed by atoms with E-state index in [4.69, 9.17) is 0 Å². The molecule has 0 fully saturated rings. The fourth-order valence-electron chi connectivity index (χ4n) is 3.36. The van der Waals surface area contributed by atoms with Crippen molar-refractivity contribution in [3.63, 3.8) is 0 Å². The average Bonchev–Trinajstić information content (AvgIpc) is 3.14. The van der Waals surface area contributed by atoms with Gasteiger partial charge >= 0.3 is 0 Å². The number of aromatic amines is 1. The Balaban J connectivity index is 1.35. The molecule has 0 spiro atoms. The number of fused-ring (bicyclic) bond motifs is 1. The van der Waals surface area contributed by atoms with Crippen molar-refractivity contribution in [2.45, 2.75) is 20.3 Å². The molecule has 29 heavy (non-hydrogen) atoms. The summed E-state index contributed by atoms with van der Waals surface area (Å²) in [5.74, 6) is 0.602. The van der Waals surface area contributed by atoms with E-state index in [0.717, 1.165) is 41.1 Å². The summed E-state index contributed by atoms with van der Waals surface area (Å²) in [4.78, 5) is 20.2. The third kappa shape index (κ3) is 4.29. The van der Waals surface area contributed by atoms with Gasteiger partial charge in [0.05, 0.1) is 5.56 Å². The minimum absolute atomic E-state index is 0.156. The third-order valence-electron chi connectivity index (χ3n) is 5.04. The molecule has 2 heterocycles. The summed E-state index contributed by atoms with van der Waals surface area (Å²) < 4.78 is 0. The number of aromatic nitrogens is 2. The van der Waals surface area contributed by atoms with Crippen LogP contribution in [-0.2, 0) is 6.42 Å². The first-order chi connectivity index (χ1) is 14.1. The van der Waals surface area contributed by atoms with Gasteiger partial charge in [-0.1, -0.05) is 30.3 Å². The Morgan fingerprint density at radius 1 is 1.07 bits per heavy atom. The molecule has 2 aromatic carbocycles. The molecular weight excluding hydrogens is 360 g/mol. The van der Waals surface area contributed by atoms with E-state index in [9.17, 15) is 4.79 Å². The zero-order chi connectivity index (χ0) is 20.2. The number of anilines is 2. The highest BCUT2D eigenvalue weighted by molar-refractivity contribution is 6.04. The lowest BCUT2D eigenvalue weighted by molar-refractivity contribution is 0.102. The molecule has 0 saturated carbocycles. The van der Waals surface area contributed by atoms with E-state index < -0.39 is 0 Å². The van der Waals surface area contributed by atoms with Crippen molar-refractivity contribution in [1.82, 2.24) is 9.97 Å². The van der Waals surface area contributed by atoms with Crippen molar-refractivity contribution in [3.05, 3.63) is 89.2 Å². The standard InChI is InChI=1S/C24H24N4O/c1-16-7-8-17(2)22(13-16)28-24(29)19-9-10-23(27-15-19)25-12-11-18-14-26-21-6-4-3-5-20(18)21/h3-10,13-15,26H,11-12H2,1-2H3,(H,25,27)(H,28,29). The van der Waals surface area contributed by atoms with Gasteiger partial charge in [-0.05, 0) is 61.2 Å². The van der Waals surface area contributed by atoms with Crippen LogP contribution < -0.4 is 10.6 Å². The van der Waals surface area contributed by atoms with Crippen LogP contribution in [0.5, 0.6) is 0 Å². The minimum atomic E-state index is -0.156. The fraction of sp³-hybridized carbons (Fsp3) is 0.167. The van der Waals surface area contributed by atoms with Gasteiger partial charge in [-0.3, -0.25) is 4.79 Å². The van der Waals surface area contributed by atoms with Crippen LogP contribution in [0.25, 0.3) is 10.9 Å². The lowest BCUT2D eigenvalue weighted by atomic mass is 10.1. The van der Waals surface area contributed by atoms with Crippen LogP contribution in [0.1, 0.15) is 27.0 Å². The number of benzene rings is 2. The monoisotopic (exact) mass is 384 g/mol. The Hall–Kier alpha value is -3.60. The normalized spacial score (nSPS) is 10.8. The van der Waals surface area contributed by atoms with E-state index >= 15 is 0 Å². The van der Waals surface area contributed by atoms with Crippen molar-refractivity contribution >= 4 is 28.3 Å². The third-order valence-corrected chi connectivity index (χ3v) is 5.04. The number of nitrogens with zero attached hydrogens (tertiary/aromatic N) is 1. The Morgan fingerprint density at radius 3 is 2.76 bits per heavy atom. The van der Waals surface area contributed by atoms with E-state index in [1.54, 1.807) is 12.3 Å². The predicted molar refractivity (Wildman–Crippen MR) is 119 cm³/mol. The summed E-state index contributed by atoms with van der Waals surface area (Å²) >= 11 is 0. The van der Waals surface area contributed by atoms with Crippen molar-refractivity contribution in [3.8, 4) is 0 Å². The lowest BCUT2D eigenvalue weighted by Crippen LogP contribution is -2.14. The van der Waals surface area contributed by atoms with Crippen molar-refractivity contribution in [2.75, 3.05) is 17.2 Å². The molecule has 0 unspecified atom stereocenters. The molecule has 5 nitrogen and oxygen atoms in total. The molecule has 4 aromatic rings. The van der Waals surface area contributed by atoms with Crippen molar-refractivity contribution < 1.29 is 4.79 Å². The number of carbonyl (C=O) groups is 1. The minimum Gasteiger partial charge on any atom is -0.370 e. The zero-order valence-electron chi connectivity index (χ0n) is 16.6. The van der Waals surface area contributed by atoms with Crippen LogP contribution >= 0.6 is 0 Å². The second-order valence-electron chi connectivity index (χ2n) is 7.24. The van der Waals surface area contributed by atoms with Crippen LogP contribution in [0, 0.1) is 13.8 Å². The molecular formula is C24H24N4O. The molecule has 146 valence electrons. The molecule has 4 rings (SSSR count). The number of nitrogens with one attached hydrogen (secondary N) is 3. The fourth-order valence-corrected chi connectivity index (χ4v) is 3.36. The molecule has 0 radical (unpaired) electrons. The average molecular weight is 384 g/mol. The number of amides is 1. The van der Waals surface area contributed by atoms with E-state index in [1.165, 1.54) is 10.9 Å². The number of carbonyl (C=O) groups excluding carboxylic acids is 1. The smallest absolute Gasteiger partial charge is 0.257 e. The summed E-state index contributed by atoms with van der Waals surface area (Å²) in [6, 6.07) is 17.9. The SMILES string of the molecule is Cc1ccc(C)c(NC(=O)c2ccc(NCCc3c[nH]c4ccccc34)nc2)c1. The Labute approximate surface area is 170 Å². The summed E-state index contributed by atoms with van der Waals surface area (Å²) in [6.07, 6.45) is 4.55. The maximum absolute atomic E-state index is 12.5. The number of H-pyrrole nitrogens is 1. The molecule has 2 aromatic heterocycles. The maximum atomic E-state index is 12.5. The highest BCUT2D eigenvalue weighted by Crippen LogP contribution is 2.19. The maximum Gasteiger partial charge on any atom is 0.257 e. The van der Waals surface area contributed by atoms with Gasteiger partial charge in [0.2, 0.25) is 0 Å². The highest BCUT2D eigenvalue weighted by Gasteiger charge is 2.09. The number of rotatable bonds is 6. The van der Waals surface area contributed by atoms with Crippen LogP contribution in [0.3, 0.4) is 0 Å². The molecule has 1 amide bonds. The Kier molecular flexibility index (Phi) is 5.29.